The number of carbonyl (C=O) groups excluding carboxylic acids is 2. The summed E-state index contributed by atoms with van der Waals surface area (Å²) in [5, 5.41) is 0. The van der Waals surface area contributed by atoms with Gasteiger partial charge in [-0.2, -0.15) is 0 Å². The first-order valence-corrected chi connectivity index (χ1v) is 8.54. The molecule has 0 radical (unpaired) electrons. The Morgan fingerprint density at radius 2 is 2.24 bits per heavy atom. The number of piperidine rings is 1. The maximum atomic E-state index is 12.7. The third-order valence-electron chi connectivity index (χ3n) is 4.53. The topological polar surface area (TPSA) is 82.2 Å². The van der Waals surface area contributed by atoms with E-state index in [2.05, 4.69) is 15.0 Å². The van der Waals surface area contributed by atoms with Crippen molar-refractivity contribution in [1.29, 1.82) is 0 Å². The Labute approximate surface area is 147 Å². The number of hydrogen-bond donors (Lipinski definition) is 1. The fraction of sp³-hybridized carbons (Fsp3) is 0.444. The van der Waals surface area contributed by atoms with E-state index in [-0.39, 0.29) is 17.7 Å². The highest BCUT2D eigenvalue weighted by Gasteiger charge is 2.31. The molecule has 2 aromatic rings. The van der Waals surface area contributed by atoms with Gasteiger partial charge in [0.15, 0.2) is 0 Å². The number of pyridine rings is 1. The van der Waals surface area contributed by atoms with Crippen LogP contribution in [0.15, 0.2) is 36.8 Å². The van der Waals surface area contributed by atoms with Gasteiger partial charge in [0.05, 0.1) is 12.5 Å². The Bertz CT molecular complexity index is 702. The molecule has 3 heterocycles. The van der Waals surface area contributed by atoms with Crippen molar-refractivity contribution >= 4 is 11.8 Å². The number of aromatic nitrogens is 3. The minimum atomic E-state index is -0.151. The van der Waals surface area contributed by atoms with Crippen LogP contribution in [0.25, 0.3) is 0 Å². The van der Waals surface area contributed by atoms with Gasteiger partial charge >= 0.3 is 0 Å². The zero-order valence-corrected chi connectivity index (χ0v) is 14.4. The van der Waals surface area contributed by atoms with Gasteiger partial charge in [-0.25, -0.2) is 4.98 Å². The highest BCUT2D eigenvalue weighted by atomic mass is 16.2. The Kier molecular flexibility index (Phi) is 5.42. The molecule has 2 aromatic heterocycles. The van der Waals surface area contributed by atoms with Gasteiger partial charge in [0.1, 0.15) is 5.82 Å². The minimum Gasteiger partial charge on any atom is -0.347 e. The van der Waals surface area contributed by atoms with E-state index in [0.717, 1.165) is 11.5 Å². The first-order valence-electron chi connectivity index (χ1n) is 8.54. The van der Waals surface area contributed by atoms with Crippen molar-refractivity contribution in [3.8, 4) is 0 Å². The van der Waals surface area contributed by atoms with Crippen LogP contribution in [-0.2, 0) is 22.6 Å². The second kappa shape index (κ2) is 7.92. The lowest BCUT2D eigenvalue weighted by molar-refractivity contribution is -0.142. The largest absolute Gasteiger partial charge is 0.347 e. The van der Waals surface area contributed by atoms with Gasteiger partial charge in [0, 0.05) is 57.3 Å². The Balaban J connectivity index is 1.55. The van der Waals surface area contributed by atoms with Crippen LogP contribution in [0.3, 0.4) is 0 Å². The summed E-state index contributed by atoms with van der Waals surface area (Å²) in [6, 6.07) is 5.77. The molecule has 0 unspecified atom stereocenters. The molecule has 1 N–H and O–H groups in total. The number of H-pyrrole nitrogens is 1. The van der Waals surface area contributed by atoms with Crippen molar-refractivity contribution in [3.63, 3.8) is 0 Å². The summed E-state index contributed by atoms with van der Waals surface area (Å²) < 4.78 is 0. The monoisotopic (exact) mass is 341 g/mol. The molecular weight excluding hydrogens is 318 g/mol. The molecule has 132 valence electrons. The molecule has 7 nitrogen and oxygen atoms in total. The third-order valence-corrected chi connectivity index (χ3v) is 4.53. The SMILES string of the molecule is CN(Cc1ncc[nH]1)C(=O)[C@@H]1CCC(=O)N(CCc2ccccn2)C1. The lowest BCUT2D eigenvalue weighted by Gasteiger charge is -2.33. The van der Waals surface area contributed by atoms with Gasteiger partial charge < -0.3 is 14.8 Å². The van der Waals surface area contributed by atoms with E-state index in [1.54, 1.807) is 35.4 Å². The van der Waals surface area contributed by atoms with Gasteiger partial charge in [0.25, 0.3) is 0 Å². The van der Waals surface area contributed by atoms with Crippen molar-refractivity contribution < 1.29 is 9.59 Å². The lowest BCUT2D eigenvalue weighted by atomic mass is 9.96. The van der Waals surface area contributed by atoms with E-state index < -0.39 is 0 Å². The molecule has 1 aliphatic heterocycles. The molecule has 1 saturated heterocycles. The second-order valence-corrected chi connectivity index (χ2v) is 6.38. The van der Waals surface area contributed by atoms with Crippen molar-refractivity contribution in [1.82, 2.24) is 24.8 Å². The number of nitrogens with one attached hydrogen (secondary N) is 1. The van der Waals surface area contributed by atoms with Crippen LogP contribution in [0.4, 0.5) is 0 Å². The van der Waals surface area contributed by atoms with Crippen LogP contribution < -0.4 is 0 Å². The summed E-state index contributed by atoms with van der Waals surface area (Å²) in [6.45, 7) is 1.53. The number of aromatic amines is 1. The predicted molar refractivity (Wildman–Crippen MR) is 92.3 cm³/mol. The molecule has 1 atom stereocenters. The fourth-order valence-corrected chi connectivity index (χ4v) is 3.13. The molecule has 7 heteroatoms. The van der Waals surface area contributed by atoms with Crippen LogP contribution in [0.1, 0.15) is 24.4 Å². The first kappa shape index (κ1) is 17.1. The highest BCUT2D eigenvalue weighted by Crippen LogP contribution is 2.20. The van der Waals surface area contributed by atoms with Crippen LogP contribution in [-0.4, -0.2) is 56.7 Å². The molecule has 0 aromatic carbocycles. The van der Waals surface area contributed by atoms with Gasteiger partial charge in [-0.1, -0.05) is 6.07 Å². The van der Waals surface area contributed by atoms with Crippen molar-refractivity contribution in [2.75, 3.05) is 20.1 Å². The van der Waals surface area contributed by atoms with Crippen LogP contribution in [0.2, 0.25) is 0 Å². The summed E-state index contributed by atoms with van der Waals surface area (Å²) >= 11 is 0. The van der Waals surface area contributed by atoms with E-state index in [0.29, 0.717) is 38.9 Å². The quantitative estimate of drug-likeness (QED) is 0.857. The summed E-state index contributed by atoms with van der Waals surface area (Å²) in [6.07, 6.45) is 6.91. The first-order chi connectivity index (χ1) is 12.1. The van der Waals surface area contributed by atoms with E-state index in [1.165, 1.54) is 0 Å². The van der Waals surface area contributed by atoms with E-state index >= 15 is 0 Å². The number of amides is 2. The minimum absolute atomic E-state index is 0.0618. The summed E-state index contributed by atoms with van der Waals surface area (Å²) in [4.78, 5) is 39.8. The molecule has 0 saturated carbocycles. The fourth-order valence-electron chi connectivity index (χ4n) is 3.13. The summed E-state index contributed by atoms with van der Waals surface area (Å²) in [5.74, 6) is 0.788. The number of likely N-dealkylation sites (tertiary alicyclic amines) is 1. The van der Waals surface area contributed by atoms with Crippen LogP contribution >= 0.6 is 0 Å². The molecule has 0 spiro atoms. The standard InChI is InChI=1S/C18H23N5O2/c1-22(13-16-20-9-10-21-16)18(25)14-5-6-17(24)23(12-14)11-7-15-4-2-3-8-19-15/h2-4,8-10,14H,5-7,11-13H2,1H3,(H,20,21)/t14-/m1/s1. The molecule has 0 bridgehead atoms. The molecule has 25 heavy (non-hydrogen) atoms. The van der Waals surface area contributed by atoms with Gasteiger partial charge in [-0.05, 0) is 18.6 Å². The van der Waals surface area contributed by atoms with E-state index in [9.17, 15) is 9.59 Å². The Morgan fingerprint density at radius 3 is 2.96 bits per heavy atom. The maximum absolute atomic E-state index is 12.7. The number of nitrogens with zero attached hydrogens (tertiary/aromatic N) is 4. The van der Waals surface area contributed by atoms with Crippen molar-refractivity contribution in [2.45, 2.75) is 25.8 Å². The number of imidazole rings is 1. The van der Waals surface area contributed by atoms with Gasteiger partial charge in [-0.3, -0.25) is 14.6 Å². The Hall–Kier alpha value is -2.70. The second-order valence-electron chi connectivity index (χ2n) is 6.38. The molecule has 3 rings (SSSR count). The number of hydrogen-bond acceptors (Lipinski definition) is 4. The average Bonchev–Trinajstić information content (AvgIpc) is 3.14. The zero-order valence-electron chi connectivity index (χ0n) is 14.4. The molecule has 1 aliphatic rings. The van der Waals surface area contributed by atoms with E-state index in [1.807, 2.05) is 18.2 Å². The summed E-state index contributed by atoms with van der Waals surface area (Å²) in [7, 11) is 1.78. The molecule has 0 aliphatic carbocycles. The predicted octanol–water partition coefficient (Wildman–Crippen LogP) is 1.24. The summed E-state index contributed by atoms with van der Waals surface area (Å²) in [5.41, 5.74) is 0.957. The highest BCUT2D eigenvalue weighted by molar-refractivity contribution is 5.83. The third kappa shape index (κ3) is 4.43. The Morgan fingerprint density at radius 1 is 1.36 bits per heavy atom. The average molecular weight is 341 g/mol. The molecule has 1 fully saturated rings. The van der Waals surface area contributed by atoms with E-state index in [4.69, 9.17) is 0 Å². The van der Waals surface area contributed by atoms with Gasteiger partial charge in [0.2, 0.25) is 11.8 Å². The smallest absolute Gasteiger partial charge is 0.227 e. The zero-order chi connectivity index (χ0) is 17.6. The molecule has 2 amide bonds. The molecular formula is C18H23N5O2. The normalized spacial score (nSPS) is 17.6. The van der Waals surface area contributed by atoms with Crippen molar-refractivity contribution in [2.24, 2.45) is 5.92 Å². The van der Waals surface area contributed by atoms with Gasteiger partial charge in [-0.15, -0.1) is 0 Å². The van der Waals surface area contributed by atoms with Crippen molar-refractivity contribution in [3.05, 3.63) is 48.3 Å². The number of rotatable bonds is 6. The maximum Gasteiger partial charge on any atom is 0.227 e. The van der Waals surface area contributed by atoms with Crippen LogP contribution in [0, 0.1) is 5.92 Å². The van der Waals surface area contributed by atoms with Crippen LogP contribution in [0.5, 0.6) is 0 Å². The lowest BCUT2D eigenvalue weighted by Crippen LogP contribution is -2.46. The number of carbonyl (C=O) groups is 2.